The lowest BCUT2D eigenvalue weighted by molar-refractivity contribution is -0.132. The summed E-state index contributed by atoms with van der Waals surface area (Å²) in [6.45, 7) is -0.473. The second-order valence-electron chi connectivity index (χ2n) is 3.62. The molecule has 3 N–H and O–H groups in total. The third-order valence-corrected chi connectivity index (χ3v) is 2.12. The smallest absolute Gasteiger partial charge is 0.390 e. The highest BCUT2D eigenvalue weighted by Gasteiger charge is 2.26. The monoisotopic (exact) mass is 262 g/mol. The van der Waals surface area contributed by atoms with Crippen molar-refractivity contribution in [2.24, 2.45) is 0 Å². The Kier molecular flexibility index (Phi) is 4.41. The molecule has 0 aliphatic heterocycles. The number of hydrogen-bond acceptors (Lipinski definition) is 3. The van der Waals surface area contributed by atoms with Crippen LogP contribution in [0.1, 0.15) is 16.8 Å². The summed E-state index contributed by atoms with van der Waals surface area (Å²) < 4.78 is 40.6. The van der Waals surface area contributed by atoms with Gasteiger partial charge < -0.3 is 15.8 Å². The lowest BCUT2D eigenvalue weighted by atomic mass is 10.1. The quantitative estimate of drug-likeness (QED) is 0.815. The van der Waals surface area contributed by atoms with Gasteiger partial charge in [-0.25, -0.2) is 0 Å². The first-order valence-corrected chi connectivity index (χ1v) is 5.11. The van der Waals surface area contributed by atoms with Crippen molar-refractivity contribution < 1.29 is 22.7 Å². The molecule has 1 aromatic rings. The molecule has 0 bridgehead atoms. The number of benzene rings is 1. The first-order chi connectivity index (χ1) is 8.31. The maximum Gasteiger partial charge on any atom is 0.390 e. The number of methoxy groups -OCH3 is 1. The number of nitrogen functional groups attached to an aromatic ring is 1. The Morgan fingerprint density at radius 2 is 2.06 bits per heavy atom. The van der Waals surface area contributed by atoms with E-state index in [9.17, 15) is 18.0 Å². The number of alkyl halides is 3. The fraction of sp³-hybridized carbons (Fsp3) is 0.364. The van der Waals surface area contributed by atoms with Crippen molar-refractivity contribution >= 4 is 11.6 Å². The number of anilines is 1. The van der Waals surface area contributed by atoms with E-state index in [1.54, 1.807) is 0 Å². The van der Waals surface area contributed by atoms with E-state index in [1.165, 1.54) is 25.3 Å². The third kappa shape index (κ3) is 4.52. The number of halogens is 3. The molecule has 0 aliphatic carbocycles. The highest BCUT2D eigenvalue weighted by atomic mass is 19.4. The van der Waals surface area contributed by atoms with Crippen LogP contribution in [0.5, 0.6) is 5.75 Å². The van der Waals surface area contributed by atoms with Gasteiger partial charge in [0.2, 0.25) is 0 Å². The van der Waals surface area contributed by atoms with Crippen LogP contribution in [0.2, 0.25) is 0 Å². The van der Waals surface area contributed by atoms with Gasteiger partial charge in [0.1, 0.15) is 5.75 Å². The van der Waals surface area contributed by atoms with Gasteiger partial charge in [0.05, 0.1) is 13.5 Å². The Bertz CT molecular complexity index is 433. The van der Waals surface area contributed by atoms with Gasteiger partial charge in [-0.15, -0.1) is 0 Å². The number of carbonyl (C=O) groups excluding carboxylic acids is 1. The molecular formula is C11H13F3N2O2. The van der Waals surface area contributed by atoms with Gasteiger partial charge in [-0.05, 0) is 12.1 Å². The molecule has 0 saturated heterocycles. The SMILES string of the molecule is COc1cc(N)cc(C(=O)NCCC(F)(F)F)c1. The summed E-state index contributed by atoms with van der Waals surface area (Å²) in [4.78, 5) is 11.6. The standard InChI is InChI=1S/C11H13F3N2O2/c1-18-9-5-7(4-8(15)6-9)10(17)16-3-2-11(12,13)14/h4-6H,2-3,15H2,1H3,(H,16,17). The van der Waals surface area contributed by atoms with E-state index in [4.69, 9.17) is 10.5 Å². The second kappa shape index (κ2) is 5.61. The fourth-order valence-electron chi connectivity index (χ4n) is 1.29. The molecule has 1 aromatic carbocycles. The van der Waals surface area contributed by atoms with Crippen molar-refractivity contribution in [2.75, 3.05) is 19.4 Å². The lowest BCUT2D eigenvalue weighted by Gasteiger charge is -2.09. The van der Waals surface area contributed by atoms with Gasteiger partial charge in [-0.2, -0.15) is 13.2 Å². The Hall–Kier alpha value is -1.92. The summed E-state index contributed by atoms with van der Waals surface area (Å²) in [6, 6.07) is 4.28. The van der Waals surface area contributed by atoms with Gasteiger partial charge in [-0.3, -0.25) is 4.79 Å². The molecule has 1 amide bonds. The maximum absolute atomic E-state index is 11.9. The van der Waals surface area contributed by atoms with Crippen LogP contribution in [-0.4, -0.2) is 25.7 Å². The zero-order valence-electron chi connectivity index (χ0n) is 9.67. The minimum absolute atomic E-state index is 0.161. The number of amides is 1. The van der Waals surface area contributed by atoms with E-state index in [0.717, 1.165) is 0 Å². The maximum atomic E-state index is 11.9. The lowest BCUT2D eigenvalue weighted by Crippen LogP contribution is -2.28. The Morgan fingerprint density at radius 3 is 2.61 bits per heavy atom. The molecule has 0 radical (unpaired) electrons. The van der Waals surface area contributed by atoms with Crippen LogP contribution in [0.3, 0.4) is 0 Å². The van der Waals surface area contributed by atoms with Crippen molar-refractivity contribution in [3.8, 4) is 5.75 Å². The molecule has 1 rings (SSSR count). The average Bonchev–Trinajstić information content (AvgIpc) is 2.26. The average molecular weight is 262 g/mol. The largest absolute Gasteiger partial charge is 0.497 e. The second-order valence-corrected chi connectivity index (χ2v) is 3.62. The molecule has 7 heteroatoms. The molecule has 0 atom stereocenters. The van der Waals surface area contributed by atoms with Crippen LogP contribution in [-0.2, 0) is 0 Å². The van der Waals surface area contributed by atoms with Gasteiger partial charge in [0.15, 0.2) is 0 Å². The molecule has 18 heavy (non-hydrogen) atoms. The van der Waals surface area contributed by atoms with Crippen LogP contribution in [0.25, 0.3) is 0 Å². The normalized spacial score (nSPS) is 11.1. The zero-order chi connectivity index (χ0) is 13.8. The summed E-state index contributed by atoms with van der Waals surface area (Å²) in [7, 11) is 1.40. The van der Waals surface area contributed by atoms with E-state index in [0.29, 0.717) is 11.4 Å². The molecule has 0 aromatic heterocycles. The van der Waals surface area contributed by atoms with Crippen LogP contribution in [0.4, 0.5) is 18.9 Å². The fourth-order valence-corrected chi connectivity index (χ4v) is 1.29. The van der Waals surface area contributed by atoms with E-state index in [2.05, 4.69) is 5.32 Å². The minimum atomic E-state index is -4.29. The van der Waals surface area contributed by atoms with Crippen LogP contribution in [0, 0.1) is 0 Å². The number of carbonyl (C=O) groups is 1. The van der Waals surface area contributed by atoms with E-state index < -0.39 is 25.0 Å². The molecule has 4 nitrogen and oxygen atoms in total. The molecule has 0 aliphatic rings. The molecule has 0 heterocycles. The Labute approximate surface area is 102 Å². The Balaban J connectivity index is 2.64. The predicted molar refractivity (Wildman–Crippen MR) is 60.4 cm³/mol. The summed E-state index contributed by atoms with van der Waals surface area (Å²) >= 11 is 0. The minimum Gasteiger partial charge on any atom is -0.497 e. The summed E-state index contributed by atoms with van der Waals surface area (Å²) in [6.07, 6.45) is -5.36. The van der Waals surface area contributed by atoms with Crippen molar-refractivity contribution in [1.29, 1.82) is 0 Å². The van der Waals surface area contributed by atoms with E-state index in [1.807, 2.05) is 0 Å². The van der Waals surface area contributed by atoms with Crippen molar-refractivity contribution in [2.45, 2.75) is 12.6 Å². The van der Waals surface area contributed by atoms with Crippen molar-refractivity contribution in [1.82, 2.24) is 5.32 Å². The highest BCUT2D eigenvalue weighted by Crippen LogP contribution is 2.20. The van der Waals surface area contributed by atoms with Gasteiger partial charge in [0.25, 0.3) is 5.91 Å². The van der Waals surface area contributed by atoms with Crippen LogP contribution < -0.4 is 15.8 Å². The van der Waals surface area contributed by atoms with Gasteiger partial charge >= 0.3 is 6.18 Å². The number of rotatable bonds is 4. The van der Waals surface area contributed by atoms with Crippen LogP contribution in [0.15, 0.2) is 18.2 Å². The van der Waals surface area contributed by atoms with Crippen LogP contribution >= 0.6 is 0 Å². The molecule has 100 valence electrons. The zero-order valence-corrected chi connectivity index (χ0v) is 9.67. The molecule has 0 fully saturated rings. The van der Waals surface area contributed by atoms with Crippen molar-refractivity contribution in [3.63, 3.8) is 0 Å². The topological polar surface area (TPSA) is 64.3 Å². The third-order valence-electron chi connectivity index (χ3n) is 2.12. The van der Waals surface area contributed by atoms with E-state index in [-0.39, 0.29) is 5.56 Å². The van der Waals surface area contributed by atoms with E-state index >= 15 is 0 Å². The number of nitrogens with one attached hydrogen (secondary N) is 1. The molecule has 0 saturated carbocycles. The number of nitrogens with two attached hydrogens (primary N) is 1. The van der Waals surface area contributed by atoms with Gasteiger partial charge in [0, 0.05) is 23.9 Å². The molecular weight excluding hydrogens is 249 g/mol. The van der Waals surface area contributed by atoms with Gasteiger partial charge in [-0.1, -0.05) is 0 Å². The number of ether oxygens (including phenoxy) is 1. The summed E-state index contributed by atoms with van der Waals surface area (Å²) in [5, 5.41) is 2.16. The first-order valence-electron chi connectivity index (χ1n) is 5.11. The highest BCUT2D eigenvalue weighted by molar-refractivity contribution is 5.95. The van der Waals surface area contributed by atoms with Crippen molar-refractivity contribution in [3.05, 3.63) is 23.8 Å². The first kappa shape index (κ1) is 14.1. The number of hydrogen-bond donors (Lipinski definition) is 2. The summed E-state index contributed by atoms with van der Waals surface area (Å²) in [5.74, 6) is -0.249. The Morgan fingerprint density at radius 1 is 1.39 bits per heavy atom. The predicted octanol–water partition coefficient (Wildman–Crippen LogP) is 1.96. The summed E-state index contributed by atoms with van der Waals surface area (Å²) in [5.41, 5.74) is 5.99. The molecule has 0 spiro atoms. The molecule has 0 unspecified atom stereocenters.